The Morgan fingerprint density at radius 3 is 2.62 bits per heavy atom. The van der Waals surface area contributed by atoms with Crippen molar-refractivity contribution >= 4 is 23.4 Å². The second kappa shape index (κ2) is 6.13. The van der Waals surface area contributed by atoms with Gasteiger partial charge in [-0.1, -0.05) is 59.8 Å². The Kier molecular flexibility index (Phi) is 3.82. The number of anilines is 1. The third kappa shape index (κ3) is 2.59. The number of rotatable bonds is 2. The molecule has 2 aromatic carbocycles. The van der Waals surface area contributed by atoms with E-state index >= 15 is 0 Å². The molecule has 0 fully saturated rings. The first-order valence-corrected chi connectivity index (χ1v) is 8.69. The zero-order chi connectivity index (χ0) is 16.5. The van der Waals surface area contributed by atoms with Crippen molar-refractivity contribution < 1.29 is 4.79 Å². The first kappa shape index (κ1) is 15.0. The first-order chi connectivity index (χ1) is 11.7. The SMILES string of the molecule is Cc1cccc(C2Sc3ncccc3C(=O)N2c2ccccc2)c1. The minimum Gasteiger partial charge on any atom is -0.291 e. The average Bonchev–Trinajstić information content (AvgIpc) is 2.62. The van der Waals surface area contributed by atoms with Crippen molar-refractivity contribution in [3.8, 4) is 0 Å². The number of thioether (sulfide) groups is 1. The molecule has 1 unspecified atom stereocenters. The van der Waals surface area contributed by atoms with Gasteiger partial charge in [0.05, 0.1) is 5.56 Å². The van der Waals surface area contributed by atoms with Gasteiger partial charge in [-0.15, -0.1) is 0 Å². The number of fused-ring (bicyclic) bond motifs is 1. The van der Waals surface area contributed by atoms with Crippen molar-refractivity contribution in [1.82, 2.24) is 4.98 Å². The smallest absolute Gasteiger partial charge is 0.262 e. The van der Waals surface area contributed by atoms with Crippen LogP contribution in [0.4, 0.5) is 5.69 Å². The lowest BCUT2D eigenvalue weighted by Crippen LogP contribution is -2.37. The topological polar surface area (TPSA) is 33.2 Å². The van der Waals surface area contributed by atoms with Crippen LogP contribution in [-0.4, -0.2) is 10.9 Å². The monoisotopic (exact) mass is 332 g/mol. The number of amides is 1. The summed E-state index contributed by atoms with van der Waals surface area (Å²) in [6.45, 7) is 2.07. The summed E-state index contributed by atoms with van der Waals surface area (Å²) in [5.74, 6) is -0.00504. The molecule has 1 aromatic heterocycles. The molecule has 0 bridgehead atoms. The molecule has 4 heteroatoms. The van der Waals surface area contributed by atoms with E-state index in [4.69, 9.17) is 0 Å². The highest BCUT2D eigenvalue weighted by Crippen LogP contribution is 2.45. The lowest BCUT2D eigenvalue weighted by molar-refractivity contribution is 0.0978. The molecule has 1 amide bonds. The molecule has 1 aliphatic heterocycles. The second-order valence-electron chi connectivity index (χ2n) is 5.75. The van der Waals surface area contributed by atoms with E-state index in [1.54, 1.807) is 18.0 Å². The molecule has 24 heavy (non-hydrogen) atoms. The summed E-state index contributed by atoms with van der Waals surface area (Å²) in [7, 11) is 0. The van der Waals surface area contributed by atoms with Crippen LogP contribution in [0.1, 0.15) is 26.9 Å². The van der Waals surface area contributed by atoms with Crippen molar-refractivity contribution in [3.63, 3.8) is 0 Å². The minimum absolute atomic E-state index is 0.00504. The normalized spacial score (nSPS) is 16.8. The molecular formula is C20H16N2OS. The van der Waals surface area contributed by atoms with Gasteiger partial charge in [-0.2, -0.15) is 0 Å². The molecular weight excluding hydrogens is 316 g/mol. The zero-order valence-electron chi connectivity index (χ0n) is 13.2. The molecule has 2 heterocycles. The molecule has 0 saturated carbocycles. The minimum atomic E-state index is -0.123. The van der Waals surface area contributed by atoms with E-state index in [0.717, 1.165) is 16.3 Å². The molecule has 3 aromatic rings. The summed E-state index contributed by atoms with van der Waals surface area (Å²) in [6.07, 6.45) is 1.74. The van der Waals surface area contributed by atoms with Crippen molar-refractivity contribution in [2.45, 2.75) is 17.3 Å². The van der Waals surface area contributed by atoms with Crippen molar-refractivity contribution in [1.29, 1.82) is 0 Å². The number of pyridine rings is 1. The Bertz CT molecular complexity index is 895. The number of carbonyl (C=O) groups excluding carboxylic acids is 1. The largest absolute Gasteiger partial charge is 0.291 e. The van der Waals surface area contributed by atoms with Crippen LogP contribution in [0.25, 0.3) is 0 Å². The predicted octanol–water partition coefficient (Wildman–Crippen LogP) is 4.84. The molecule has 118 valence electrons. The van der Waals surface area contributed by atoms with E-state index in [1.807, 2.05) is 53.4 Å². The highest BCUT2D eigenvalue weighted by Gasteiger charge is 2.35. The fourth-order valence-corrected chi connectivity index (χ4v) is 4.15. The number of hydrogen-bond donors (Lipinski definition) is 0. The van der Waals surface area contributed by atoms with Gasteiger partial charge in [0.25, 0.3) is 5.91 Å². The molecule has 4 rings (SSSR count). The molecule has 0 aliphatic carbocycles. The standard InChI is InChI=1S/C20H16N2OS/c1-14-7-5-8-15(13-14)20-22(16-9-3-2-4-10-16)19(23)17-11-6-12-21-18(17)24-20/h2-13,20H,1H3. The summed E-state index contributed by atoms with van der Waals surface area (Å²) < 4.78 is 0. The first-order valence-electron chi connectivity index (χ1n) is 7.81. The fourth-order valence-electron chi connectivity index (χ4n) is 2.92. The quantitative estimate of drug-likeness (QED) is 0.673. The third-order valence-corrected chi connectivity index (χ3v) is 5.29. The van der Waals surface area contributed by atoms with Gasteiger partial charge in [0.1, 0.15) is 10.4 Å². The maximum Gasteiger partial charge on any atom is 0.262 e. The van der Waals surface area contributed by atoms with Crippen LogP contribution in [0.2, 0.25) is 0 Å². The molecule has 1 aliphatic rings. The number of benzene rings is 2. The van der Waals surface area contributed by atoms with Gasteiger partial charge in [0.15, 0.2) is 0 Å². The zero-order valence-corrected chi connectivity index (χ0v) is 14.0. The van der Waals surface area contributed by atoms with E-state index in [1.165, 1.54) is 5.56 Å². The lowest BCUT2D eigenvalue weighted by atomic mass is 10.1. The molecule has 0 spiro atoms. The van der Waals surface area contributed by atoms with E-state index in [2.05, 4.69) is 30.1 Å². The van der Waals surface area contributed by atoms with Gasteiger partial charge in [0, 0.05) is 11.9 Å². The molecule has 0 N–H and O–H groups in total. The van der Waals surface area contributed by atoms with Crippen LogP contribution in [-0.2, 0) is 0 Å². The van der Waals surface area contributed by atoms with Gasteiger partial charge in [-0.25, -0.2) is 4.98 Å². The number of nitrogens with zero attached hydrogens (tertiary/aromatic N) is 2. The van der Waals surface area contributed by atoms with Crippen molar-refractivity contribution in [3.05, 3.63) is 89.6 Å². The van der Waals surface area contributed by atoms with E-state index < -0.39 is 0 Å². The Morgan fingerprint density at radius 2 is 1.83 bits per heavy atom. The number of hydrogen-bond acceptors (Lipinski definition) is 3. The predicted molar refractivity (Wildman–Crippen MR) is 97.3 cm³/mol. The number of carbonyl (C=O) groups is 1. The Balaban J connectivity index is 1.87. The van der Waals surface area contributed by atoms with E-state index in [9.17, 15) is 4.79 Å². The van der Waals surface area contributed by atoms with Crippen LogP contribution in [0.3, 0.4) is 0 Å². The maximum absolute atomic E-state index is 13.2. The summed E-state index contributed by atoms with van der Waals surface area (Å²) in [6, 6.07) is 21.8. The Morgan fingerprint density at radius 1 is 1.00 bits per heavy atom. The fraction of sp³-hybridized carbons (Fsp3) is 0.100. The Hall–Kier alpha value is -2.59. The number of aromatic nitrogens is 1. The van der Waals surface area contributed by atoms with Gasteiger partial charge < -0.3 is 0 Å². The molecule has 3 nitrogen and oxygen atoms in total. The van der Waals surface area contributed by atoms with Gasteiger partial charge >= 0.3 is 0 Å². The van der Waals surface area contributed by atoms with E-state index in [0.29, 0.717) is 5.56 Å². The van der Waals surface area contributed by atoms with Gasteiger partial charge in [0.2, 0.25) is 0 Å². The lowest BCUT2D eigenvalue weighted by Gasteiger charge is -2.35. The molecule has 0 radical (unpaired) electrons. The average molecular weight is 332 g/mol. The van der Waals surface area contributed by atoms with Crippen LogP contribution < -0.4 is 4.90 Å². The molecule has 0 saturated heterocycles. The van der Waals surface area contributed by atoms with Crippen LogP contribution in [0.15, 0.2) is 78.0 Å². The summed E-state index contributed by atoms with van der Waals surface area (Å²) in [5, 5.41) is 0.670. The number of para-hydroxylation sites is 1. The number of aryl methyl sites for hydroxylation is 1. The third-order valence-electron chi connectivity index (χ3n) is 4.04. The van der Waals surface area contributed by atoms with Gasteiger partial charge in [-0.05, 0) is 36.8 Å². The summed E-state index contributed by atoms with van der Waals surface area (Å²) in [5.41, 5.74) is 3.85. The highest BCUT2D eigenvalue weighted by atomic mass is 32.2. The highest BCUT2D eigenvalue weighted by molar-refractivity contribution is 7.99. The van der Waals surface area contributed by atoms with Crippen LogP contribution in [0, 0.1) is 6.92 Å². The molecule has 1 atom stereocenters. The van der Waals surface area contributed by atoms with E-state index in [-0.39, 0.29) is 11.3 Å². The van der Waals surface area contributed by atoms with Crippen molar-refractivity contribution in [2.24, 2.45) is 0 Å². The summed E-state index contributed by atoms with van der Waals surface area (Å²) >= 11 is 1.62. The van der Waals surface area contributed by atoms with Crippen LogP contribution in [0.5, 0.6) is 0 Å². The van der Waals surface area contributed by atoms with Crippen LogP contribution >= 0.6 is 11.8 Å². The summed E-state index contributed by atoms with van der Waals surface area (Å²) in [4.78, 5) is 19.4. The van der Waals surface area contributed by atoms with Crippen molar-refractivity contribution in [2.75, 3.05) is 4.90 Å². The second-order valence-corrected chi connectivity index (χ2v) is 6.82. The maximum atomic E-state index is 13.2. The Labute approximate surface area is 145 Å². The van der Waals surface area contributed by atoms with Gasteiger partial charge in [-0.3, -0.25) is 9.69 Å².